The number of carbonyl (C=O) groups is 3. The minimum absolute atomic E-state index is 0.0321. The number of carboxylic acids is 2. The zero-order valence-corrected chi connectivity index (χ0v) is 31.5. The Kier molecular flexibility index (Phi) is 19.2. The van der Waals surface area contributed by atoms with Gasteiger partial charge in [-0.2, -0.15) is 0 Å². The predicted octanol–water partition coefficient (Wildman–Crippen LogP) is 4.26. The molecular formula is C41H69N3O6. The van der Waals surface area contributed by atoms with E-state index in [4.69, 9.17) is 4.74 Å². The summed E-state index contributed by atoms with van der Waals surface area (Å²) in [5.74, 6) is -4.04. The molecule has 5 N–H and O–H groups in total. The number of carbonyl (C=O) groups excluding carboxylic acids is 3. The molecule has 2 atom stereocenters. The molecule has 4 saturated carbocycles. The van der Waals surface area contributed by atoms with Gasteiger partial charge in [-0.05, 0) is 120 Å². The number of benzene rings is 1. The van der Waals surface area contributed by atoms with Crippen LogP contribution in [-0.4, -0.2) is 48.2 Å². The average molecular weight is 700 g/mol. The van der Waals surface area contributed by atoms with Gasteiger partial charge in [-0.25, -0.2) is 4.79 Å². The first-order valence-electron chi connectivity index (χ1n) is 20.1. The van der Waals surface area contributed by atoms with E-state index in [0.717, 1.165) is 29.7 Å². The number of aliphatic carboxylic acids is 2. The molecule has 0 spiro atoms. The number of ether oxygens (including phenoxy) is 1. The first-order chi connectivity index (χ1) is 24.0. The van der Waals surface area contributed by atoms with Crippen LogP contribution >= 0.6 is 0 Å². The van der Waals surface area contributed by atoms with Gasteiger partial charge in [0, 0.05) is 11.9 Å². The lowest BCUT2D eigenvalue weighted by Gasteiger charge is -2.34. The van der Waals surface area contributed by atoms with Gasteiger partial charge in [0.25, 0.3) is 0 Å². The standard InChI is InChI=1S/C17H23NO6.2C12H23N/c1-17(2,3)12(14(19)20)9-13(15(21)22)18-16(23)24-10-11-7-5-4-6-8-11;2*1-3-7-11(8-4-1)13-12-9-5-2-6-10-12/h4-8,12-13H,9-10H2,1-3H3,(H,18,23)(H,19,20)(H,21,22);2*11-13H,1-10H2/t12?,13-;;/m0../s1. The van der Waals surface area contributed by atoms with Crippen molar-refractivity contribution >= 4 is 18.0 Å². The normalized spacial score (nSPS) is 20.9. The van der Waals surface area contributed by atoms with Crippen molar-refractivity contribution in [3.63, 3.8) is 0 Å². The third kappa shape index (κ3) is 17.0. The molecule has 9 heteroatoms. The first kappa shape index (κ1) is 41.8. The Morgan fingerprint density at radius 2 is 1.04 bits per heavy atom. The maximum atomic E-state index is 11.7. The second-order valence-corrected chi connectivity index (χ2v) is 16.5. The number of carboxylic acid groups (broad SMARTS) is 2. The molecule has 4 aliphatic carbocycles. The van der Waals surface area contributed by atoms with E-state index in [2.05, 4.69) is 16.0 Å². The molecule has 1 unspecified atom stereocenters. The average Bonchev–Trinajstić information content (AvgIpc) is 3.11. The molecule has 0 saturated heterocycles. The van der Waals surface area contributed by atoms with Gasteiger partial charge in [-0.1, -0.05) is 76.8 Å². The minimum atomic E-state index is -1.58. The molecule has 0 heterocycles. The summed E-state index contributed by atoms with van der Waals surface area (Å²) < 4.78 is 4.93. The Bertz CT molecular complexity index is 1020. The maximum Gasteiger partial charge on any atom is 0.407 e. The highest BCUT2D eigenvalue weighted by Gasteiger charge is 2.30. The van der Waals surface area contributed by atoms with Crippen LogP contribution in [0.1, 0.15) is 161 Å². The van der Waals surface area contributed by atoms with Gasteiger partial charge in [-0.15, -0.1) is 0 Å². The zero-order valence-electron chi connectivity index (χ0n) is 31.5. The van der Waals surface area contributed by atoms with Gasteiger partial charge in [-0.3, -0.25) is 0 Å². The molecule has 50 heavy (non-hydrogen) atoms. The van der Waals surface area contributed by atoms with Gasteiger partial charge < -0.3 is 40.5 Å². The number of rotatable bonds is 11. The highest BCUT2D eigenvalue weighted by Crippen LogP contribution is 2.29. The topological polar surface area (TPSA) is 152 Å². The quantitative estimate of drug-likeness (QED) is 0.314. The van der Waals surface area contributed by atoms with Crippen molar-refractivity contribution < 1.29 is 40.0 Å². The van der Waals surface area contributed by atoms with Gasteiger partial charge in [0.15, 0.2) is 0 Å². The summed E-state index contributed by atoms with van der Waals surface area (Å²) in [6.45, 7) is 4.91. The van der Waals surface area contributed by atoms with Gasteiger partial charge in [0.1, 0.15) is 6.61 Å². The number of alkyl carbamates (subject to hydrolysis) is 1. The van der Waals surface area contributed by atoms with Crippen LogP contribution in [0.2, 0.25) is 0 Å². The monoisotopic (exact) mass is 700 g/mol. The summed E-state index contributed by atoms with van der Waals surface area (Å²) in [5, 5.41) is 30.0. The summed E-state index contributed by atoms with van der Waals surface area (Å²) >= 11 is 0. The second-order valence-electron chi connectivity index (χ2n) is 16.5. The van der Waals surface area contributed by atoms with E-state index in [9.17, 15) is 24.6 Å². The molecule has 1 amide bonds. The fourth-order valence-corrected chi connectivity index (χ4v) is 8.24. The number of nitrogens with one attached hydrogen (secondary N) is 1. The van der Waals surface area contributed by atoms with Crippen LogP contribution in [-0.2, 0) is 20.9 Å². The summed E-state index contributed by atoms with van der Waals surface area (Å²) in [6.07, 6.45) is 28.6. The highest BCUT2D eigenvalue weighted by molar-refractivity contribution is 5.79. The maximum absolute atomic E-state index is 11.7. The number of hydrogen-bond donors (Lipinski definition) is 3. The summed E-state index contributed by atoms with van der Waals surface area (Å²) in [7, 11) is 0. The molecular weight excluding hydrogens is 630 g/mol. The van der Waals surface area contributed by atoms with Crippen molar-refractivity contribution in [1.82, 2.24) is 5.32 Å². The number of nitrogens with two attached hydrogens (primary N) is 2. The smallest absolute Gasteiger partial charge is 0.407 e. The molecule has 1 aromatic carbocycles. The third-order valence-corrected chi connectivity index (χ3v) is 11.3. The van der Waals surface area contributed by atoms with E-state index in [0.29, 0.717) is 0 Å². The Labute approximate surface area is 302 Å². The molecule has 4 aliphatic rings. The van der Waals surface area contributed by atoms with Crippen molar-refractivity contribution in [2.75, 3.05) is 0 Å². The summed E-state index contributed by atoms with van der Waals surface area (Å²) in [5.41, 5.74) is 0.00210. The molecule has 0 radical (unpaired) electrons. The van der Waals surface area contributed by atoms with Crippen LogP contribution in [0.15, 0.2) is 30.3 Å². The van der Waals surface area contributed by atoms with Crippen LogP contribution in [0.3, 0.4) is 0 Å². The highest BCUT2D eigenvalue weighted by atomic mass is 16.5. The van der Waals surface area contributed by atoms with Crippen LogP contribution < -0.4 is 26.2 Å². The fraction of sp³-hybridized carbons (Fsp3) is 0.780. The molecule has 0 bridgehead atoms. The largest absolute Gasteiger partial charge is 0.550 e. The van der Waals surface area contributed by atoms with Crippen molar-refractivity contribution in [3.05, 3.63) is 35.9 Å². The predicted molar refractivity (Wildman–Crippen MR) is 192 cm³/mol. The van der Waals surface area contributed by atoms with Crippen molar-refractivity contribution in [3.8, 4) is 0 Å². The third-order valence-electron chi connectivity index (χ3n) is 11.3. The van der Waals surface area contributed by atoms with Crippen LogP contribution in [0.4, 0.5) is 4.79 Å². The summed E-state index contributed by atoms with van der Waals surface area (Å²) in [6, 6.07) is 11.3. The second kappa shape index (κ2) is 23.0. The lowest BCUT2D eigenvalue weighted by molar-refractivity contribution is -0.726. The van der Waals surface area contributed by atoms with E-state index in [1.54, 1.807) is 45.0 Å². The van der Waals surface area contributed by atoms with E-state index in [1.807, 2.05) is 6.07 Å². The fourth-order valence-electron chi connectivity index (χ4n) is 8.24. The molecule has 284 valence electrons. The number of amides is 1. The molecule has 9 nitrogen and oxygen atoms in total. The molecule has 4 fully saturated rings. The first-order valence-corrected chi connectivity index (χ1v) is 20.1. The van der Waals surface area contributed by atoms with Crippen molar-refractivity contribution in [1.29, 1.82) is 0 Å². The van der Waals surface area contributed by atoms with Crippen molar-refractivity contribution in [2.24, 2.45) is 11.3 Å². The van der Waals surface area contributed by atoms with Crippen LogP contribution in [0.5, 0.6) is 0 Å². The lowest BCUT2D eigenvalue weighted by Crippen LogP contribution is -2.95. The molecule has 0 aliphatic heterocycles. The lowest BCUT2D eigenvalue weighted by atomic mass is 9.77. The van der Waals surface area contributed by atoms with Gasteiger partial charge in [0.2, 0.25) is 0 Å². The van der Waals surface area contributed by atoms with E-state index < -0.39 is 35.4 Å². The summed E-state index contributed by atoms with van der Waals surface area (Å²) in [4.78, 5) is 34.2. The van der Waals surface area contributed by atoms with Gasteiger partial charge >= 0.3 is 6.09 Å². The molecule has 1 aromatic rings. The van der Waals surface area contributed by atoms with Crippen LogP contribution in [0, 0.1) is 11.3 Å². The number of quaternary nitrogens is 2. The van der Waals surface area contributed by atoms with Gasteiger partial charge in [0.05, 0.1) is 36.2 Å². The van der Waals surface area contributed by atoms with E-state index in [1.165, 1.54) is 128 Å². The molecule has 5 rings (SSSR count). The SMILES string of the molecule is C1CCC([NH2+]C2CCCCC2)CC1.C1CCC([NH2+]C2CCCCC2)CC1.CC(C)(C)C(C[C@H](NC(=O)OCc1ccccc1)C(=O)[O-])C(=O)[O-]. The Morgan fingerprint density at radius 1 is 0.660 bits per heavy atom. The Morgan fingerprint density at radius 3 is 1.36 bits per heavy atom. The molecule has 0 aromatic heterocycles. The van der Waals surface area contributed by atoms with Crippen molar-refractivity contribution in [2.45, 2.75) is 192 Å². The zero-order chi connectivity index (χ0) is 36.2. The van der Waals surface area contributed by atoms with E-state index >= 15 is 0 Å². The Balaban J connectivity index is 0.000000218. The Hall–Kier alpha value is -2.65. The van der Waals surface area contributed by atoms with Crippen LogP contribution in [0.25, 0.3) is 0 Å². The minimum Gasteiger partial charge on any atom is -0.550 e. The number of hydrogen-bond acceptors (Lipinski definition) is 6. The van der Waals surface area contributed by atoms with E-state index in [-0.39, 0.29) is 13.0 Å².